The Hall–Kier alpha value is -3.28. The Labute approximate surface area is 184 Å². The van der Waals surface area contributed by atoms with Crippen LogP contribution in [-0.4, -0.2) is 25.9 Å². The summed E-state index contributed by atoms with van der Waals surface area (Å²) < 4.78 is 5.69. The summed E-state index contributed by atoms with van der Waals surface area (Å²) in [5.41, 5.74) is 5.38. The van der Waals surface area contributed by atoms with Gasteiger partial charge in [-0.3, -0.25) is 10.2 Å². The fourth-order valence-corrected chi connectivity index (χ4v) is 4.24. The Morgan fingerprint density at radius 3 is 2.71 bits per heavy atom. The predicted molar refractivity (Wildman–Crippen MR) is 125 cm³/mol. The number of fused-ring (bicyclic) bond motifs is 1. The zero-order chi connectivity index (χ0) is 22.5. The van der Waals surface area contributed by atoms with Gasteiger partial charge in [0.25, 0.3) is 5.91 Å². The fourth-order valence-electron chi connectivity index (χ4n) is 4.24. The highest BCUT2D eigenvalue weighted by Crippen LogP contribution is 2.44. The van der Waals surface area contributed by atoms with Crippen LogP contribution in [0.2, 0.25) is 0 Å². The maximum atomic E-state index is 12.8. The first-order valence-corrected chi connectivity index (χ1v) is 10.8. The number of benzene rings is 1. The second kappa shape index (κ2) is 9.69. The Bertz CT molecular complexity index is 1000. The van der Waals surface area contributed by atoms with E-state index in [-0.39, 0.29) is 23.6 Å². The van der Waals surface area contributed by atoms with E-state index in [1.54, 1.807) is 26.4 Å². The molecule has 3 rings (SSSR count). The van der Waals surface area contributed by atoms with Crippen molar-refractivity contribution in [2.24, 2.45) is 5.92 Å². The minimum absolute atomic E-state index is 0.101. The lowest BCUT2D eigenvalue weighted by Crippen LogP contribution is -2.22. The van der Waals surface area contributed by atoms with Gasteiger partial charge in [0.2, 0.25) is 0 Å². The van der Waals surface area contributed by atoms with E-state index >= 15 is 0 Å². The fraction of sp³-hybridized carbons (Fsp3) is 0.360. The van der Waals surface area contributed by atoms with Crippen molar-refractivity contribution in [1.82, 2.24) is 16.0 Å². The monoisotopic (exact) mass is 420 g/mol. The zero-order valence-electron chi connectivity index (χ0n) is 18.9. The number of hydrogen-bond acceptors (Lipinski definition) is 4. The lowest BCUT2D eigenvalue weighted by molar-refractivity contribution is -0.115. The van der Waals surface area contributed by atoms with Crippen LogP contribution in [0.25, 0.3) is 0 Å². The van der Waals surface area contributed by atoms with E-state index in [1.807, 2.05) is 13.0 Å². The number of hydrogen-bond donors (Lipinski definition) is 4. The maximum absolute atomic E-state index is 12.8. The van der Waals surface area contributed by atoms with Crippen molar-refractivity contribution in [2.75, 3.05) is 14.2 Å². The highest BCUT2D eigenvalue weighted by Gasteiger charge is 2.36. The Morgan fingerprint density at radius 2 is 2.06 bits per heavy atom. The van der Waals surface area contributed by atoms with E-state index < -0.39 is 0 Å². The van der Waals surface area contributed by atoms with Gasteiger partial charge >= 0.3 is 0 Å². The summed E-state index contributed by atoms with van der Waals surface area (Å²) in [6.45, 7) is 6.15. The van der Waals surface area contributed by atoms with Gasteiger partial charge in [0.05, 0.1) is 12.7 Å². The lowest BCUT2D eigenvalue weighted by atomic mass is 9.77. The third-order valence-electron chi connectivity index (χ3n) is 5.87. The van der Waals surface area contributed by atoms with Crippen molar-refractivity contribution in [3.8, 4) is 5.75 Å². The molecule has 0 aromatic heterocycles. The number of carbonyl (C=O) groups excluding carboxylic acids is 1. The highest BCUT2D eigenvalue weighted by atomic mass is 16.5. The number of methoxy groups -OCH3 is 1. The zero-order valence-corrected chi connectivity index (χ0v) is 18.9. The van der Waals surface area contributed by atoms with Crippen LogP contribution >= 0.6 is 0 Å². The molecule has 2 aliphatic rings. The van der Waals surface area contributed by atoms with Crippen LogP contribution in [-0.2, 0) is 11.2 Å². The first kappa shape index (κ1) is 22.4. The van der Waals surface area contributed by atoms with Crippen LogP contribution in [0.1, 0.15) is 44.2 Å². The molecule has 0 saturated carbocycles. The Morgan fingerprint density at radius 1 is 1.29 bits per heavy atom. The van der Waals surface area contributed by atoms with Crippen LogP contribution in [0, 0.1) is 11.3 Å². The second-order valence-corrected chi connectivity index (χ2v) is 7.80. The van der Waals surface area contributed by atoms with Crippen LogP contribution in [0.3, 0.4) is 0 Å². The molecule has 164 valence electrons. The van der Waals surface area contributed by atoms with Crippen molar-refractivity contribution in [3.05, 3.63) is 76.3 Å². The molecule has 0 radical (unpaired) electrons. The molecule has 1 aromatic carbocycles. The average Bonchev–Trinajstić information content (AvgIpc) is 3.10. The van der Waals surface area contributed by atoms with Gasteiger partial charge in [-0.2, -0.15) is 0 Å². The van der Waals surface area contributed by atoms with Gasteiger partial charge in [0.15, 0.2) is 0 Å². The van der Waals surface area contributed by atoms with Crippen LogP contribution in [0.15, 0.2) is 65.2 Å². The minimum Gasteiger partial charge on any atom is -0.496 e. The van der Waals surface area contributed by atoms with Gasteiger partial charge in [0.1, 0.15) is 11.6 Å². The first-order chi connectivity index (χ1) is 14.9. The number of nitrogens with one attached hydrogen (secondary N) is 4. The highest BCUT2D eigenvalue weighted by molar-refractivity contribution is 6.06. The number of amidine groups is 1. The normalized spacial score (nSPS) is 21.8. The van der Waals surface area contributed by atoms with E-state index in [0.29, 0.717) is 11.3 Å². The predicted octanol–water partition coefficient (Wildman–Crippen LogP) is 3.90. The molecule has 4 N–H and O–H groups in total. The number of allylic oxidation sites excluding steroid dienone is 4. The molecule has 2 unspecified atom stereocenters. The maximum Gasteiger partial charge on any atom is 0.258 e. The quantitative estimate of drug-likeness (QED) is 0.306. The Balaban J connectivity index is 2.06. The van der Waals surface area contributed by atoms with E-state index in [1.165, 1.54) is 5.56 Å². The standard InChI is InChI=1S/C25H32N4O2/c1-6-16-8-9-22(31-5)19(12-16)18-14-20-21(13-17(18)7-2)29-25(30)24(20)15(3)28-23(26)10-11-27-4/h8-14,17-18,27H,6-7H2,1-5H3,(H2,26,28)(H,29,30)/b11-10-,24-15-. The molecule has 1 saturated heterocycles. The van der Waals surface area contributed by atoms with Crippen molar-refractivity contribution in [2.45, 2.75) is 39.5 Å². The summed E-state index contributed by atoms with van der Waals surface area (Å²) >= 11 is 0. The summed E-state index contributed by atoms with van der Waals surface area (Å²) in [5, 5.41) is 17.0. The third-order valence-corrected chi connectivity index (χ3v) is 5.87. The number of ether oxygens (including phenoxy) is 1. The van der Waals surface area contributed by atoms with E-state index in [2.05, 4.69) is 54.1 Å². The summed E-state index contributed by atoms with van der Waals surface area (Å²) in [5.74, 6) is 1.29. The van der Waals surface area contributed by atoms with Crippen molar-refractivity contribution < 1.29 is 9.53 Å². The summed E-state index contributed by atoms with van der Waals surface area (Å²) in [6.07, 6.45) is 9.54. The molecular weight excluding hydrogens is 388 g/mol. The molecule has 1 aliphatic heterocycles. The first-order valence-electron chi connectivity index (χ1n) is 10.8. The molecule has 6 nitrogen and oxygen atoms in total. The molecule has 6 heteroatoms. The van der Waals surface area contributed by atoms with Gasteiger partial charge in [-0.1, -0.05) is 38.1 Å². The van der Waals surface area contributed by atoms with Gasteiger partial charge in [-0.15, -0.1) is 0 Å². The van der Waals surface area contributed by atoms with Gasteiger partial charge in [-0.25, -0.2) is 0 Å². The number of aryl methyl sites for hydroxylation is 1. The molecule has 31 heavy (non-hydrogen) atoms. The average molecular weight is 421 g/mol. The largest absolute Gasteiger partial charge is 0.496 e. The van der Waals surface area contributed by atoms with E-state index in [9.17, 15) is 4.79 Å². The summed E-state index contributed by atoms with van der Waals surface area (Å²) in [7, 11) is 3.47. The van der Waals surface area contributed by atoms with Crippen molar-refractivity contribution >= 4 is 11.7 Å². The second-order valence-electron chi connectivity index (χ2n) is 7.80. The van der Waals surface area contributed by atoms with Gasteiger partial charge in [-0.05, 0) is 49.6 Å². The lowest BCUT2D eigenvalue weighted by Gasteiger charge is -2.28. The Kier molecular flexibility index (Phi) is 7.00. The molecule has 1 heterocycles. The SMILES string of the molecule is CCc1ccc(OC)c(C2C=C3C(=CC2CC)NC(=O)/C3=C(/C)NC(=N)/C=C\NC)c1. The summed E-state index contributed by atoms with van der Waals surface area (Å²) in [4.78, 5) is 12.8. The summed E-state index contributed by atoms with van der Waals surface area (Å²) in [6, 6.07) is 6.36. The molecule has 1 aromatic rings. The third kappa shape index (κ3) is 4.58. The minimum atomic E-state index is -0.141. The molecule has 1 amide bonds. The molecule has 2 atom stereocenters. The number of carbonyl (C=O) groups is 1. The van der Waals surface area contributed by atoms with Crippen molar-refractivity contribution in [1.29, 1.82) is 5.41 Å². The van der Waals surface area contributed by atoms with E-state index in [0.717, 1.165) is 35.4 Å². The number of rotatable bonds is 7. The molecule has 0 bridgehead atoms. The molecule has 0 spiro atoms. The van der Waals surface area contributed by atoms with Crippen LogP contribution in [0.5, 0.6) is 5.75 Å². The van der Waals surface area contributed by atoms with Gasteiger partial charge in [0, 0.05) is 35.5 Å². The number of amides is 1. The van der Waals surface area contributed by atoms with E-state index in [4.69, 9.17) is 10.1 Å². The molecule has 1 aliphatic carbocycles. The van der Waals surface area contributed by atoms with Gasteiger partial charge < -0.3 is 20.7 Å². The van der Waals surface area contributed by atoms with Crippen molar-refractivity contribution in [3.63, 3.8) is 0 Å². The smallest absolute Gasteiger partial charge is 0.258 e. The van der Waals surface area contributed by atoms with Crippen LogP contribution in [0.4, 0.5) is 0 Å². The molecule has 1 fully saturated rings. The van der Waals surface area contributed by atoms with Crippen LogP contribution < -0.4 is 20.7 Å². The molecular formula is C25H32N4O2. The topological polar surface area (TPSA) is 86.2 Å².